The second-order valence-corrected chi connectivity index (χ2v) is 30.5. The standard InChI is InChI=1S/C82H105ClN18O16/c1-45(2)35-60(72(107)92-59(16-9-10-33-87-46(3)4)80(115)101-34-12-17-68(101)79(114)88-47(5)70(84)105)93-74(109)63(38-51-23-30-58(31-24-51)91-81(85)116)95-76(111)64(39-50-21-28-57(29-22-50)90-71(106)66-42-69(104)100-82(117)99-66)97-78(113)67(44-102)98-77(112)65(41-53-13-11-32-86-43-53)96-75(110)62(37-49-19-26-56(83)27-20-49)94-73(108)61(89-48(6)103)40-52-18-25-54-14-7-8-15-55(54)36-52/h7-8,11,13,18-32,36,43,45-47,59-68,87,102H,9-10,12,14-17,33-35,37-42,44H2,1-6H3,(H2,84,105)(H,88,114)(H,89,103)(H,90,106)(H,92,107)(H,93,109)(H,94,108)(H,95,111)(H,96,110)(H,97,113)(H,98,112)(H3,85,91,116)(H2,99,100,104,117)/t47-,59+,60?,61-,62?,63?,64?,65-,66?,67+,68+/m1/s1. The summed E-state index contributed by atoms with van der Waals surface area (Å²) in [6.07, 6.45) is 8.61. The lowest BCUT2D eigenvalue weighted by atomic mass is 9.93. The van der Waals surface area contributed by atoms with E-state index in [2.05, 4.69) is 85.5 Å². The number of amides is 17. The third-order valence-electron chi connectivity index (χ3n) is 19.7. The maximum absolute atomic E-state index is 15.5. The molecule has 3 aliphatic rings. The number of pyridine rings is 1. The number of nitrogens with two attached hydrogens (primary N) is 2. The lowest BCUT2D eigenvalue weighted by Gasteiger charge is -2.31. The molecule has 19 N–H and O–H groups in total. The van der Waals surface area contributed by atoms with Crippen LogP contribution in [0.15, 0.2) is 128 Å². The molecule has 1 aromatic heterocycles. The normalized spacial score (nSPS) is 16.5. The first-order chi connectivity index (χ1) is 55.8. The molecule has 35 heteroatoms. The Kier molecular flexibility index (Phi) is 34.0. The molecule has 3 heterocycles. The molecular weight excluding hydrogens is 1530 g/mol. The summed E-state index contributed by atoms with van der Waals surface area (Å²) < 4.78 is 0. The fraction of sp³-hybridized carbons (Fsp3) is 0.439. The number of carbonyl (C=O) groups excluding carboxylic acids is 15. The van der Waals surface area contributed by atoms with E-state index in [9.17, 15) is 62.6 Å². The van der Waals surface area contributed by atoms with Crippen molar-refractivity contribution in [3.05, 3.63) is 172 Å². The predicted octanol–water partition coefficient (Wildman–Crippen LogP) is 1.02. The van der Waals surface area contributed by atoms with Crippen molar-refractivity contribution < 1.29 is 77.0 Å². The minimum Gasteiger partial charge on any atom is -0.394 e. The summed E-state index contributed by atoms with van der Waals surface area (Å²) in [5.74, 6) is -10.9. The van der Waals surface area contributed by atoms with Crippen molar-refractivity contribution in [1.82, 2.24) is 73.7 Å². The van der Waals surface area contributed by atoms with Gasteiger partial charge in [0.25, 0.3) is 0 Å². The summed E-state index contributed by atoms with van der Waals surface area (Å²) >= 11 is 6.27. The Morgan fingerprint density at radius 1 is 0.556 bits per heavy atom. The van der Waals surface area contributed by atoms with E-state index in [0.717, 1.165) is 23.1 Å². The van der Waals surface area contributed by atoms with E-state index in [1.54, 1.807) is 50.2 Å². The zero-order valence-electron chi connectivity index (χ0n) is 66.1. The zero-order chi connectivity index (χ0) is 85.0. The molecule has 2 saturated heterocycles. The zero-order valence-corrected chi connectivity index (χ0v) is 66.9. The maximum Gasteiger partial charge on any atom is 0.322 e. The number of benzene rings is 4. The minimum atomic E-state index is -1.92. The highest BCUT2D eigenvalue weighted by atomic mass is 35.5. The Bertz CT molecular complexity index is 4400. The number of nitrogens with zero attached hydrogens (tertiary/aromatic N) is 2. The van der Waals surface area contributed by atoms with Crippen molar-refractivity contribution in [1.29, 1.82) is 0 Å². The number of aromatic nitrogens is 1. The van der Waals surface area contributed by atoms with Gasteiger partial charge in [0.1, 0.15) is 66.5 Å². The molecule has 626 valence electrons. The first-order valence-electron chi connectivity index (χ1n) is 39.0. The Morgan fingerprint density at radius 2 is 1.04 bits per heavy atom. The molecule has 5 aromatic rings. The Morgan fingerprint density at radius 3 is 1.56 bits per heavy atom. The molecule has 34 nitrogen and oxygen atoms in total. The summed E-state index contributed by atoms with van der Waals surface area (Å²) in [5.41, 5.74) is 15.8. The number of allylic oxidation sites excluding steroid dienone is 2. The molecule has 5 unspecified atom stereocenters. The first kappa shape index (κ1) is 90.4. The van der Waals surface area contributed by atoms with Crippen LogP contribution in [0.4, 0.5) is 21.0 Å². The molecular formula is C82H105ClN18O16. The van der Waals surface area contributed by atoms with E-state index in [1.165, 1.54) is 79.7 Å². The monoisotopic (exact) mass is 1630 g/mol. The SMILES string of the molecule is CC(=O)N[C@H](Cc1ccc2c(c1)CC=CC2)C(=O)NC(Cc1ccc(Cl)cc1)C(=O)N[C@H](Cc1cccnc1)C(=O)N[C@@H](CO)C(=O)NC(Cc1ccc(NC(=O)C2CC(=O)NC(=O)N2)cc1)C(=O)NC(Cc1ccc(NC(N)=O)cc1)C(=O)NC(CC(C)C)C(=O)N[C@@H](CCCCNC(C)C)C(=O)N1CCC[C@H]1C(=O)N[C@H](C)C(N)=O. The van der Waals surface area contributed by atoms with Gasteiger partial charge in [-0.1, -0.05) is 112 Å². The highest BCUT2D eigenvalue weighted by Gasteiger charge is 2.41. The number of fused-ring (bicyclic) bond motifs is 1. The van der Waals surface area contributed by atoms with Crippen LogP contribution in [0.3, 0.4) is 0 Å². The van der Waals surface area contributed by atoms with Gasteiger partial charge in [0, 0.05) is 80.4 Å². The lowest BCUT2D eigenvalue weighted by Crippen LogP contribution is -2.62. The summed E-state index contributed by atoms with van der Waals surface area (Å²) in [7, 11) is 0. The number of hydrogen-bond donors (Lipinski definition) is 17. The van der Waals surface area contributed by atoms with E-state index in [4.69, 9.17) is 23.1 Å². The summed E-state index contributed by atoms with van der Waals surface area (Å²) in [6, 6.07) is 10.1. The molecule has 0 spiro atoms. The number of aliphatic hydroxyl groups is 1. The van der Waals surface area contributed by atoms with Gasteiger partial charge in [0.05, 0.1) is 13.0 Å². The molecule has 0 bridgehead atoms. The van der Waals surface area contributed by atoms with Crippen LogP contribution in [0, 0.1) is 5.92 Å². The van der Waals surface area contributed by atoms with Gasteiger partial charge in [-0.3, -0.25) is 72.6 Å². The Hall–Kier alpha value is -12.2. The second-order valence-electron chi connectivity index (χ2n) is 30.1. The number of hydrogen-bond acceptors (Lipinski definition) is 18. The molecule has 2 aliphatic heterocycles. The number of anilines is 2. The summed E-state index contributed by atoms with van der Waals surface area (Å²) in [5, 5.41) is 48.6. The van der Waals surface area contributed by atoms with Crippen molar-refractivity contribution in [3.8, 4) is 0 Å². The molecule has 17 amide bonds. The lowest BCUT2D eigenvalue weighted by molar-refractivity contribution is -0.142. The maximum atomic E-state index is 15.5. The van der Waals surface area contributed by atoms with Crippen LogP contribution in [0.2, 0.25) is 5.02 Å². The number of carbonyl (C=O) groups is 15. The van der Waals surface area contributed by atoms with Crippen LogP contribution in [0.25, 0.3) is 0 Å². The van der Waals surface area contributed by atoms with E-state index >= 15 is 14.4 Å². The highest BCUT2D eigenvalue weighted by Crippen LogP contribution is 2.24. The van der Waals surface area contributed by atoms with Crippen LogP contribution < -0.4 is 85.9 Å². The number of halogens is 1. The average molecular weight is 1630 g/mol. The number of primary amides is 2. The number of nitrogens with one attached hydrogen (secondary N) is 14. The smallest absolute Gasteiger partial charge is 0.322 e. The van der Waals surface area contributed by atoms with Crippen molar-refractivity contribution in [3.63, 3.8) is 0 Å². The van der Waals surface area contributed by atoms with Gasteiger partial charge >= 0.3 is 12.1 Å². The Labute approximate surface area is 682 Å². The quantitative estimate of drug-likeness (QED) is 0.0192. The fourth-order valence-corrected chi connectivity index (χ4v) is 13.7. The van der Waals surface area contributed by atoms with E-state index in [1.807, 2.05) is 38.1 Å². The molecule has 4 aromatic carbocycles. The molecule has 8 rings (SSSR count). The average Bonchev–Trinajstić information content (AvgIpc) is 1.81. The van der Waals surface area contributed by atoms with Gasteiger partial charge in [-0.2, -0.15) is 0 Å². The van der Waals surface area contributed by atoms with Gasteiger partial charge in [-0.25, -0.2) is 9.59 Å². The number of imide groups is 1. The number of aliphatic hydroxyl groups excluding tert-OH is 1. The molecule has 1 aliphatic carbocycles. The summed E-state index contributed by atoms with van der Waals surface area (Å²) in [4.78, 5) is 213. The highest BCUT2D eigenvalue weighted by molar-refractivity contribution is 6.30. The molecule has 11 atom stereocenters. The van der Waals surface area contributed by atoms with Crippen LogP contribution in [-0.2, 0) is 107 Å². The Balaban J connectivity index is 1.09. The number of urea groups is 2. The van der Waals surface area contributed by atoms with Gasteiger partial charge < -0.3 is 90.6 Å². The number of rotatable bonds is 41. The summed E-state index contributed by atoms with van der Waals surface area (Å²) in [6.45, 7) is 9.77. The van der Waals surface area contributed by atoms with E-state index in [0.29, 0.717) is 53.9 Å². The topological polar surface area (TPSA) is 513 Å². The van der Waals surface area contributed by atoms with E-state index in [-0.39, 0.29) is 86.8 Å². The van der Waals surface area contributed by atoms with Crippen LogP contribution in [0.1, 0.15) is 125 Å². The molecule has 2 fully saturated rings. The van der Waals surface area contributed by atoms with Crippen molar-refractivity contribution in [2.75, 3.05) is 30.3 Å². The fourth-order valence-electron chi connectivity index (χ4n) is 13.6. The van der Waals surface area contributed by atoms with E-state index < -0.39 is 168 Å². The molecule has 0 radical (unpaired) electrons. The molecule has 0 saturated carbocycles. The van der Waals surface area contributed by atoms with Crippen molar-refractivity contribution >= 4 is 112 Å². The van der Waals surface area contributed by atoms with Crippen LogP contribution in [0.5, 0.6) is 0 Å². The third kappa shape index (κ3) is 28.7. The van der Waals surface area contributed by atoms with Crippen LogP contribution >= 0.6 is 11.6 Å². The van der Waals surface area contributed by atoms with Crippen LogP contribution in [-0.4, -0.2) is 196 Å². The largest absolute Gasteiger partial charge is 0.394 e. The van der Waals surface area contributed by atoms with Gasteiger partial charge in [0.2, 0.25) is 76.8 Å². The number of likely N-dealkylation sites (tertiary alicyclic amines) is 1. The number of unbranched alkanes of at least 4 members (excludes halogenated alkanes) is 1. The second kappa shape index (κ2) is 44.1. The first-order valence-corrected chi connectivity index (χ1v) is 39.3. The molecule has 117 heavy (non-hydrogen) atoms. The van der Waals surface area contributed by atoms with Gasteiger partial charge in [-0.05, 0) is 152 Å². The minimum absolute atomic E-state index is 0.0265. The van der Waals surface area contributed by atoms with Crippen molar-refractivity contribution in [2.45, 2.75) is 204 Å². The predicted molar refractivity (Wildman–Crippen MR) is 433 cm³/mol. The van der Waals surface area contributed by atoms with Gasteiger partial charge in [0.15, 0.2) is 0 Å². The van der Waals surface area contributed by atoms with Gasteiger partial charge in [-0.15, -0.1) is 0 Å². The third-order valence-corrected chi connectivity index (χ3v) is 20.0. The van der Waals surface area contributed by atoms with Crippen molar-refractivity contribution in [2.24, 2.45) is 17.4 Å².